The Morgan fingerprint density at radius 2 is 2.57 bits per heavy atom. The van der Waals surface area contributed by atoms with Crippen LogP contribution < -0.4 is 0 Å². The van der Waals surface area contributed by atoms with Gasteiger partial charge >= 0.3 is 5.97 Å². The van der Waals surface area contributed by atoms with Gasteiger partial charge in [0.1, 0.15) is 0 Å². The largest absolute Gasteiger partial charge is 0.478 e. The summed E-state index contributed by atoms with van der Waals surface area (Å²) in [6, 6.07) is 0. The van der Waals surface area contributed by atoms with Crippen molar-refractivity contribution in [3.05, 3.63) is 0 Å². The standard InChI is InChI=1S/C2H5O2P3/c3-2(4)1-6-7-5/h1,7H,5H2,(H,3,4). The van der Waals surface area contributed by atoms with Crippen molar-refractivity contribution in [1.29, 1.82) is 0 Å². The van der Waals surface area contributed by atoms with Crippen molar-refractivity contribution < 1.29 is 9.90 Å². The lowest BCUT2D eigenvalue weighted by atomic mass is 10.8. The first kappa shape index (κ1) is 7.50. The number of rotatable bonds is 2. The van der Waals surface area contributed by atoms with Gasteiger partial charge in [0.15, 0.2) is 0 Å². The van der Waals surface area contributed by atoms with Gasteiger partial charge < -0.3 is 5.11 Å². The second kappa shape index (κ2) is 4.65. The molecule has 1 N–H and O–H groups in total. The zero-order valence-corrected chi connectivity index (χ0v) is 6.51. The smallest absolute Gasteiger partial charge is 0.332 e. The molecule has 0 saturated heterocycles. The van der Waals surface area contributed by atoms with Crippen LogP contribution in [0.5, 0.6) is 0 Å². The fraction of sp³-hybridized carbons (Fsp3) is 0. The third kappa shape index (κ3) is 6.50. The van der Waals surface area contributed by atoms with Crippen LogP contribution in [-0.2, 0) is 4.79 Å². The maximum atomic E-state index is 9.69. The molecule has 0 saturated carbocycles. The molecular formula is C2H5O2P3. The quantitative estimate of drug-likeness (QED) is 0.606. The summed E-state index contributed by atoms with van der Waals surface area (Å²) in [5, 5.41) is 7.98. The second-order valence-electron chi connectivity index (χ2n) is 0.726. The molecule has 2 unspecified atom stereocenters. The van der Waals surface area contributed by atoms with E-state index >= 15 is 0 Å². The first-order valence-electron chi connectivity index (χ1n) is 1.49. The molecule has 2 atom stereocenters. The van der Waals surface area contributed by atoms with Crippen LogP contribution in [0.4, 0.5) is 0 Å². The molecule has 0 aliphatic carbocycles. The minimum atomic E-state index is -0.836. The van der Waals surface area contributed by atoms with E-state index in [2.05, 4.69) is 8.93 Å². The van der Waals surface area contributed by atoms with E-state index in [0.717, 1.165) is 7.89 Å². The molecule has 0 rings (SSSR count). The van der Waals surface area contributed by atoms with E-state index in [1.807, 2.05) is 0 Å². The van der Waals surface area contributed by atoms with E-state index in [1.54, 1.807) is 0 Å². The fourth-order valence-electron chi connectivity index (χ4n) is 0.0925. The second-order valence-corrected chi connectivity index (χ2v) is 5.37. The number of hydrogen-bond donors (Lipinski definition) is 1. The van der Waals surface area contributed by atoms with Crippen LogP contribution in [0.1, 0.15) is 0 Å². The Labute approximate surface area is 47.3 Å². The highest BCUT2D eigenvalue weighted by atomic mass is 32.4. The van der Waals surface area contributed by atoms with Gasteiger partial charge in [-0.25, -0.2) is 4.79 Å². The molecule has 7 heavy (non-hydrogen) atoms. The van der Waals surface area contributed by atoms with Crippen LogP contribution in [0.25, 0.3) is 0 Å². The highest BCUT2D eigenvalue weighted by Crippen LogP contribution is 2.34. The van der Waals surface area contributed by atoms with Gasteiger partial charge in [0, 0.05) is 0 Å². The van der Waals surface area contributed by atoms with Crippen LogP contribution >= 0.6 is 24.8 Å². The summed E-state index contributed by atoms with van der Waals surface area (Å²) in [5.74, 6) is 0.391. The van der Waals surface area contributed by atoms with E-state index in [4.69, 9.17) is 5.11 Å². The fourth-order valence-corrected chi connectivity index (χ4v) is 1.50. The molecule has 0 spiro atoms. The van der Waals surface area contributed by atoms with Crippen molar-refractivity contribution in [1.82, 2.24) is 0 Å². The molecule has 0 aliphatic heterocycles. The average Bonchev–Trinajstić information content (AvgIpc) is 1.61. The molecule has 0 radical (unpaired) electrons. The molecule has 0 fully saturated rings. The number of hydrogen-bond acceptors (Lipinski definition) is 1. The molecule has 0 aromatic carbocycles. The summed E-state index contributed by atoms with van der Waals surface area (Å²) in [5.41, 5.74) is 0. The maximum Gasteiger partial charge on any atom is 0.332 e. The van der Waals surface area contributed by atoms with Crippen LogP contribution in [0.2, 0.25) is 0 Å². The monoisotopic (exact) mass is 154 g/mol. The van der Waals surface area contributed by atoms with Crippen LogP contribution in [0.15, 0.2) is 0 Å². The van der Waals surface area contributed by atoms with Gasteiger partial charge in [0.25, 0.3) is 0 Å². The van der Waals surface area contributed by atoms with Gasteiger partial charge in [0.05, 0.1) is 5.80 Å². The van der Waals surface area contributed by atoms with Crippen molar-refractivity contribution in [3.63, 3.8) is 0 Å². The molecule has 0 heterocycles. The minimum absolute atomic E-state index is 0.603. The summed E-state index contributed by atoms with van der Waals surface area (Å²) in [6.45, 7) is 0. The number of carboxylic acid groups (broad SMARTS) is 1. The molecule has 0 aromatic heterocycles. The lowest BCUT2D eigenvalue weighted by Crippen LogP contribution is -1.90. The van der Waals surface area contributed by atoms with Gasteiger partial charge in [-0.1, -0.05) is 7.89 Å². The zero-order chi connectivity index (χ0) is 5.70. The molecule has 0 aliphatic rings. The molecule has 0 bridgehead atoms. The first-order chi connectivity index (χ1) is 3.27. The maximum absolute atomic E-state index is 9.69. The summed E-state index contributed by atoms with van der Waals surface area (Å²) in [7, 11) is 3.94. The first-order valence-corrected chi connectivity index (χ1v) is 6.10. The van der Waals surface area contributed by atoms with E-state index in [9.17, 15) is 4.79 Å². The van der Waals surface area contributed by atoms with Crippen molar-refractivity contribution in [2.24, 2.45) is 0 Å². The van der Waals surface area contributed by atoms with E-state index in [0.29, 0.717) is 7.96 Å². The third-order valence-electron chi connectivity index (χ3n) is 0.250. The SMILES string of the molecule is O=C(O)C=PPP. The van der Waals surface area contributed by atoms with Gasteiger partial charge in [-0.2, -0.15) is 0 Å². The van der Waals surface area contributed by atoms with Crippen molar-refractivity contribution in [3.8, 4) is 0 Å². The van der Waals surface area contributed by atoms with E-state index < -0.39 is 5.97 Å². The van der Waals surface area contributed by atoms with E-state index in [-0.39, 0.29) is 0 Å². The Morgan fingerprint density at radius 3 is 2.71 bits per heavy atom. The zero-order valence-electron chi connectivity index (χ0n) is 3.46. The van der Waals surface area contributed by atoms with Crippen LogP contribution in [0, 0.1) is 0 Å². The molecule has 40 valence electrons. The summed E-state index contributed by atoms with van der Waals surface area (Å²) in [6.07, 6.45) is 0. The van der Waals surface area contributed by atoms with Gasteiger partial charge in [-0.05, 0) is 7.96 Å². The van der Waals surface area contributed by atoms with Crippen molar-refractivity contribution in [2.75, 3.05) is 0 Å². The third-order valence-corrected chi connectivity index (χ3v) is 2.92. The molecule has 5 heteroatoms. The Hall–Kier alpha value is 0.500. The number of carbonyl (C=O) groups is 1. The van der Waals surface area contributed by atoms with Gasteiger partial charge in [-0.15, -0.1) is 8.93 Å². The number of carboxylic acids is 1. The topological polar surface area (TPSA) is 37.3 Å². The lowest BCUT2D eigenvalue weighted by Gasteiger charge is -1.73. The Balaban J connectivity index is 3.26. The summed E-state index contributed by atoms with van der Waals surface area (Å²) < 4.78 is 0. The molecule has 0 amide bonds. The Kier molecular flexibility index (Phi) is 4.99. The van der Waals surface area contributed by atoms with E-state index in [1.165, 1.54) is 5.80 Å². The van der Waals surface area contributed by atoms with Crippen molar-refractivity contribution in [2.45, 2.75) is 0 Å². The highest BCUT2D eigenvalue weighted by Gasteiger charge is 1.80. The molecule has 0 aromatic rings. The molecule has 2 nitrogen and oxygen atoms in total. The average molecular weight is 154 g/mol. The lowest BCUT2D eigenvalue weighted by molar-refractivity contribution is -0.128. The predicted octanol–water partition coefficient (Wildman–Crippen LogP) is 1.20. The Bertz CT molecular complexity index is 88.9. The van der Waals surface area contributed by atoms with Crippen LogP contribution in [0.3, 0.4) is 0 Å². The Morgan fingerprint density at radius 1 is 2.00 bits per heavy atom. The highest BCUT2D eigenvalue weighted by molar-refractivity contribution is 8.38. The predicted molar refractivity (Wildman–Crippen MR) is 38.6 cm³/mol. The van der Waals surface area contributed by atoms with Crippen molar-refractivity contribution >= 4 is 36.5 Å². The summed E-state index contributed by atoms with van der Waals surface area (Å²) in [4.78, 5) is 9.69. The minimum Gasteiger partial charge on any atom is -0.478 e. The molecular weight excluding hydrogens is 149 g/mol. The normalized spacial score (nSPS) is 11.6. The van der Waals surface area contributed by atoms with Gasteiger partial charge in [-0.3, -0.25) is 0 Å². The van der Waals surface area contributed by atoms with Gasteiger partial charge in [0.2, 0.25) is 0 Å². The summed E-state index contributed by atoms with van der Waals surface area (Å²) >= 11 is 0. The number of aliphatic carboxylic acids is 1. The van der Waals surface area contributed by atoms with Crippen LogP contribution in [-0.4, -0.2) is 16.9 Å².